The summed E-state index contributed by atoms with van der Waals surface area (Å²) in [5.41, 5.74) is 3.22. The number of amides is 1. The van der Waals surface area contributed by atoms with E-state index in [1.165, 1.54) is 24.9 Å². The first-order valence-electron chi connectivity index (χ1n) is 11.5. The summed E-state index contributed by atoms with van der Waals surface area (Å²) < 4.78 is 0. The number of benzene rings is 2. The van der Waals surface area contributed by atoms with E-state index >= 15 is 0 Å². The summed E-state index contributed by atoms with van der Waals surface area (Å²) in [4.78, 5) is 19.7. The average molecular weight is 421 g/mol. The number of rotatable bonds is 8. The van der Waals surface area contributed by atoms with E-state index in [1.807, 2.05) is 43.3 Å². The molecule has 3 fully saturated rings. The Morgan fingerprint density at radius 2 is 1.81 bits per heavy atom. The minimum absolute atomic E-state index is 0.0343. The van der Waals surface area contributed by atoms with Crippen molar-refractivity contribution in [2.75, 3.05) is 52.2 Å². The van der Waals surface area contributed by atoms with E-state index in [2.05, 4.69) is 52.5 Å². The number of fused-ring (bicyclic) bond motifs is 3. The molecule has 5 nitrogen and oxygen atoms in total. The Morgan fingerprint density at radius 3 is 2.45 bits per heavy atom. The molecule has 0 aliphatic carbocycles. The van der Waals surface area contributed by atoms with Crippen LogP contribution in [0.25, 0.3) is 0 Å². The number of hydrogen-bond acceptors (Lipinski definition) is 4. The van der Waals surface area contributed by atoms with E-state index in [0.717, 1.165) is 49.3 Å². The smallest absolute Gasteiger partial charge is 0.251 e. The largest absolute Gasteiger partial charge is 0.378 e. The summed E-state index contributed by atoms with van der Waals surface area (Å²) in [7, 11) is 6.26. The Labute approximate surface area is 187 Å². The van der Waals surface area contributed by atoms with E-state index in [9.17, 15) is 4.79 Å². The Morgan fingerprint density at radius 1 is 1.06 bits per heavy atom. The Bertz CT molecular complexity index is 851. The van der Waals surface area contributed by atoms with E-state index in [0.29, 0.717) is 6.04 Å². The fourth-order valence-electron chi connectivity index (χ4n) is 5.25. The van der Waals surface area contributed by atoms with Gasteiger partial charge in [-0.3, -0.25) is 9.69 Å². The first kappa shape index (κ1) is 21.8. The predicted octanol–water partition coefficient (Wildman–Crippen LogP) is 3.32. The lowest BCUT2D eigenvalue weighted by Gasteiger charge is -2.50. The summed E-state index contributed by atoms with van der Waals surface area (Å²) in [6.45, 7) is 5.23. The van der Waals surface area contributed by atoms with Crippen molar-refractivity contribution < 1.29 is 4.79 Å². The zero-order chi connectivity index (χ0) is 21.8. The molecule has 5 rings (SSSR count). The third kappa shape index (κ3) is 5.46. The highest BCUT2D eigenvalue weighted by molar-refractivity contribution is 5.94. The molecule has 3 heterocycles. The Kier molecular flexibility index (Phi) is 6.93. The minimum atomic E-state index is 0.0343. The number of nitrogens with one attached hydrogen (secondary N) is 1. The molecule has 2 aromatic carbocycles. The van der Waals surface area contributed by atoms with Crippen LogP contribution in [-0.2, 0) is 6.54 Å². The second-order valence-electron chi connectivity index (χ2n) is 9.53. The monoisotopic (exact) mass is 420 g/mol. The molecule has 1 N–H and O–H groups in total. The lowest BCUT2D eigenvalue weighted by molar-refractivity contribution is -0.00955. The standard InChI is InChI=1S/C26H36N4O/c1-28(2)24-11-9-21(10-12-24)26(31)27-16-25-15-22-13-14-30(25)19-23(22)18-29(3)17-20-7-5-4-6-8-20/h4-12,22-23,25H,13-19H2,1-3H3,(H,27,31)/t22-,23-,25+/m0/s1. The van der Waals surface area contributed by atoms with Crippen LogP contribution in [0.15, 0.2) is 54.6 Å². The molecule has 1 amide bonds. The van der Waals surface area contributed by atoms with Gasteiger partial charge in [-0.2, -0.15) is 0 Å². The van der Waals surface area contributed by atoms with Crippen LogP contribution in [0.1, 0.15) is 28.8 Å². The van der Waals surface area contributed by atoms with Crippen LogP contribution in [0.5, 0.6) is 0 Å². The van der Waals surface area contributed by atoms with Crippen molar-refractivity contribution in [1.82, 2.24) is 15.1 Å². The minimum Gasteiger partial charge on any atom is -0.378 e. The first-order chi connectivity index (χ1) is 15.0. The van der Waals surface area contributed by atoms with Crippen molar-refractivity contribution in [1.29, 1.82) is 0 Å². The highest BCUT2D eigenvalue weighted by atomic mass is 16.1. The van der Waals surface area contributed by atoms with Gasteiger partial charge in [0.1, 0.15) is 0 Å². The van der Waals surface area contributed by atoms with Crippen molar-refractivity contribution >= 4 is 11.6 Å². The molecule has 0 aromatic heterocycles. The highest BCUT2D eigenvalue weighted by Gasteiger charge is 2.40. The fraction of sp³-hybridized carbons (Fsp3) is 0.500. The first-order valence-corrected chi connectivity index (χ1v) is 11.5. The van der Waals surface area contributed by atoms with Gasteiger partial charge in [-0.25, -0.2) is 0 Å². The molecule has 3 saturated heterocycles. The van der Waals surface area contributed by atoms with E-state index in [4.69, 9.17) is 0 Å². The maximum absolute atomic E-state index is 12.6. The lowest BCUT2D eigenvalue weighted by Crippen LogP contribution is -2.58. The predicted molar refractivity (Wildman–Crippen MR) is 127 cm³/mol. The Hall–Kier alpha value is -2.37. The fourth-order valence-corrected chi connectivity index (χ4v) is 5.25. The zero-order valence-corrected chi connectivity index (χ0v) is 19.1. The normalized spacial score (nSPS) is 24.9. The van der Waals surface area contributed by atoms with Crippen LogP contribution in [0.4, 0.5) is 5.69 Å². The Balaban J connectivity index is 1.26. The SMILES string of the molecule is CN(Cc1ccccc1)C[C@H]1CN2CC[C@H]1C[C@@H]2CNC(=O)c1ccc(N(C)C)cc1. The van der Waals surface area contributed by atoms with Crippen molar-refractivity contribution in [3.63, 3.8) is 0 Å². The maximum Gasteiger partial charge on any atom is 0.251 e. The van der Waals surface area contributed by atoms with Gasteiger partial charge in [0, 0.05) is 57.6 Å². The maximum atomic E-state index is 12.6. The summed E-state index contributed by atoms with van der Waals surface area (Å²) in [6.07, 6.45) is 2.49. The van der Waals surface area contributed by atoms with Crippen molar-refractivity contribution in [3.05, 3.63) is 65.7 Å². The molecular formula is C26H36N4O. The number of piperidine rings is 3. The van der Waals surface area contributed by atoms with Gasteiger partial charge in [-0.15, -0.1) is 0 Å². The summed E-state index contributed by atoms with van der Waals surface area (Å²) in [5, 5.41) is 3.19. The number of nitrogens with zero attached hydrogens (tertiary/aromatic N) is 3. The summed E-state index contributed by atoms with van der Waals surface area (Å²) in [6, 6.07) is 19.0. The number of carbonyl (C=O) groups excluding carboxylic acids is 1. The van der Waals surface area contributed by atoms with Crippen molar-refractivity contribution in [3.8, 4) is 0 Å². The second-order valence-corrected chi connectivity index (χ2v) is 9.53. The summed E-state index contributed by atoms with van der Waals surface area (Å²) in [5.74, 6) is 1.53. The zero-order valence-electron chi connectivity index (χ0n) is 19.1. The molecule has 0 saturated carbocycles. The van der Waals surface area contributed by atoms with Crippen molar-refractivity contribution in [2.24, 2.45) is 11.8 Å². The third-order valence-corrected chi connectivity index (χ3v) is 7.00. The quantitative estimate of drug-likeness (QED) is 0.711. The molecule has 3 aliphatic rings. The number of carbonyl (C=O) groups is 1. The third-order valence-electron chi connectivity index (χ3n) is 7.00. The van der Waals surface area contributed by atoms with Crippen LogP contribution in [0.3, 0.4) is 0 Å². The molecule has 2 bridgehead atoms. The number of hydrogen-bond donors (Lipinski definition) is 1. The van der Waals surface area contributed by atoms with Gasteiger partial charge in [-0.1, -0.05) is 30.3 Å². The van der Waals surface area contributed by atoms with E-state index in [1.54, 1.807) is 0 Å². The van der Waals surface area contributed by atoms with Gasteiger partial charge in [0.25, 0.3) is 5.91 Å². The molecular weight excluding hydrogens is 384 g/mol. The molecule has 2 aromatic rings. The van der Waals surface area contributed by atoms with E-state index in [-0.39, 0.29) is 5.91 Å². The molecule has 5 heteroatoms. The topological polar surface area (TPSA) is 38.8 Å². The van der Waals surface area contributed by atoms with Crippen molar-refractivity contribution in [2.45, 2.75) is 25.4 Å². The van der Waals surface area contributed by atoms with Gasteiger partial charge in [0.05, 0.1) is 0 Å². The molecule has 31 heavy (non-hydrogen) atoms. The summed E-state index contributed by atoms with van der Waals surface area (Å²) >= 11 is 0. The molecule has 3 aliphatic heterocycles. The number of anilines is 1. The molecule has 0 spiro atoms. The van der Waals surface area contributed by atoms with Gasteiger partial charge >= 0.3 is 0 Å². The van der Waals surface area contributed by atoms with Gasteiger partial charge in [-0.05, 0) is 68.1 Å². The van der Waals surface area contributed by atoms with E-state index < -0.39 is 0 Å². The molecule has 0 radical (unpaired) electrons. The van der Waals surface area contributed by atoms with Gasteiger partial charge in [0.15, 0.2) is 0 Å². The van der Waals surface area contributed by atoms with Gasteiger partial charge < -0.3 is 15.1 Å². The van der Waals surface area contributed by atoms with Gasteiger partial charge in [0.2, 0.25) is 0 Å². The molecule has 4 atom stereocenters. The second kappa shape index (κ2) is 9.84. The lowest BCUT2D eigenvalue weighted by atomic mass is 9.75. The molecule has 1 unspecified atom stereocenters. The van der Waals surface area contributed by atoms with Crippen LogP contribution < -0.4 is 10.2 Å². The molecule has 166 valence electrons. The average Bonchev–Trinajstić information content (AvgIpc) is 2.78. The van der Waals surface area contributed by atoms with Crippen LogP contribution in [-0.4, -0.2) is 69.1 Å². The van der Waals surface area contributed by atoms with Crippen LogP contribution in [0, 0.1) is 11.8 Å². The van der Waals surface area contributed by atoms with Crippen LogP contribution in [0.2, 0.25) is 0 Å². The highest BCUT2D eigenvalue weighted by Crippen LogP contribution is 2.36. The van der Waals surface area contributed by atoms with Crippen LogP contribution >= 0.6 is 0 Å².